The fraction of sp³-hybridized carbons (Fsp3) is 1.00. The van der Waals surface area contributed by atoms with Gasteiger partial charge in [0.25, 0.3) is 0 Å². The zero-order valence-corrected chi connectivity index (χ0v) is 8.00. The number of unbranched alkanes of at least 4 members (excludes halogenated alkanes) is 3. The van der Waals surface area contributed by atoms with Gasteiger partial charge in [-0.05, 0) is 17.3 Å². The minimum absolute atomic E-state index is 0.946. The maximum atomic E-state index is 4.80. The van der Waals surface area contributed by atoms with Crippen molar-refractivity contribution >= 4 is 35.2 Å². The molecule has 0 bridgehead atoms. The van der Waals surface area contributed by atoms with Crippen LogP contribution in [0.2, 0.25) is 0 Å². The van der Waals surface area contributed by atoms with E-state index in [1.165, 1.54) is 30.1 Å². The van der Waals surface area contributed by atoms with E-state index in [1.807, 2.05) is 0 Å². The molecule has 0 unspecified atom stereocenters. The minimum Gasteiger partial charge on any atom is -0.0942 e. The van der Waals surface area contributed by atoms with Gasteiger partial charge in [0.2, 0.25) is 0 Å². The minimum atomic E-state index is 0.946. The van der Waals surface area contributed by atoms with Gasteiger partial charge in [0.15, 0.2) is 0 Å². The summed E-state index contributed by atoms with van der Waals surface area (Å²) in [5.74, 6) is 0.946. The van der Waals surface area contributed by atoms with Crippen molar-refractivity contribution in [3.8, 4) is 0 Å². The zero-order chi connectivity index (χ0) is 6.24. The van der Waals surface area contributed by atoms with Gasteiger partial charge in [-0.15, -0.1) is 0 Å². The lowest BCUT2D eigenvalue weighted by Crippen LogP contribution is -1.78. The Morgan fingerprint density at radius 2 is 1.62 bits per heavy atom. The number of hydrogen-bond donors (Lipinski definition) is 0. The van der Waals surface area contributed by atoms with Gasteiger partial charge < -0.3 is 0 Å². The molecule has 2 heteroatoms. The Morgan fingerprint density at radius 3 is 2.12 bits per heavy atom. The Hall–Kier alpha value is 1.08. The Balaban J connectivity index is 2.53. The Labute approximate surface area is 71.0 Å². The van der Waals surface area contributed by atoms with Crippen molar-refractivity contribution in [1.82, 2.24) is 0 Å². The van der Waals surface area contributed by atoms with E-state index in [-0.39, 0.29) is 0 Å². The molecule has 0 N–H and O–H groups in total. The van der Waals surface area contributed by atoms with E-state index < -0.39 is 0 Å². The van der Waals surface area contributed by atoms with Gasteiger partial charge in [0, 0.05) is 5.75 Å². The SMILES string of the molecule is [S]CCCCCCI. The van der Waals surface area contributed by atoms with Crippen LogP contribution in [0.3, 0.4) is 0 Å². The highest BCUT2D eigenvalue weighted by molar-refractivity contribution is 14.1. The molecule has 0 saturated carbocycles. The van der Waals surface area contributed by atoms with E-state index in [0.29, 0.717) is 0 Å². The molecule has 0 aromatic carbocycles. The number of hydrogen-bond acceptors (Lipinski definition) is 0. The Morgan fingerprint density at radius 1 is 1.00 bits per heavy atom. The lowest BCUT2D eigenvalue weighted by atomic mass is 10.2. The average Bonchev–Trinajstić information content (AvgIpc) is 1.81. The van der Waals surface area contributed by atoms with Crippen LogP contribution in [-0.2, 0) is 0 Å². The summed E-state index contributed by atoms with van der Waals surface area (Å²) >= 11 is 7.21. The van der Waals surface area contributed by atoms with Crippen molar-refractivity contribution in [2.24, 2.45) is 0 Å². The quantitative estimate of drug-likeness (QED) is 0.395. The highest BCUT2D eigenvalue weighted by Crippen LogP contribution is 2.02. The van der Waals surface area contributed by atoms with Gasteiger partial charge in [-0.1, -0.05) is 48.1 Å². The second kappa shape index (κ2) is 8.08. The third kappa shape index (κ3) is 7.08. The molecule has 1 radical (unpaired) electrons. The molecule has 0 nitrogen and oxygen atoms in total. The van der Waals surface area contributed by atoms with Gasteiger partial charge in [-0.25, -0.2) is 0 Å². The highest BCUT2D eigenvalue weighted by Gasteiger charge is 1.84. The van der Waals surface area contributed by atoms with Crippen molar-refractivity contribution in [3.05, 3.63) is 0 Å². The van der Waals surface area contributed by atoms with E-state index in [4.69, 9.17) is 12.6 Å². The van der Waals surface area contributed by atoms with Crippen molar-refractivity contribution < 1.29 is 0 Å². The summed E-state index contributed by atoms with van der Waals surface area (Å²) in [5, 5.41) is 0. The summed E-state index contributed by atoms with van der Waals surface area (Å²) in [6.45, 7) is 0. The maximum absolute atomic E-state index is 4.80. The van der Waals surface area contributed by atoms with E-state index in [1.54, 1.807) is 0 Å². The summed E-state index contributed by atoms with van der Waals surface area (Å²) in [5.41, 5.74) is 0. The van der Waals surface area contributed by atoms with Crippen LogP contribution in [-0.4, -0.2) is 10.2 Å². The van der Waals surface area contributed by atoms with E-state index in [9.17, 15) is 0 Å². The van der Waals surface area contributed by atoms with Gasteiger partial charge in [0.05, 0.1) is 0 Å². The number of rotatable bonds is 5. The monoisotopic (exact) mass is 243 g/mol. The lowest BCUT2D eigenvalue weighted by Gasteiger charge is -1.92. The molecule has 0 aliphatic heterocycles. The fourth-order valence-electron chi connectivity index (χ4n) is 0.550. The summed E-state index contributed by atoms with van der Waals surface area (Å²) in [6.07, 6.45) is 5.33. The molecule has 0 amide bonds. The molecule has 0 aromatic rings. The lowest BCUT2D eigenvalue weighted by molar-refractivity contribution is 0.716. The van der Waals surface area contributed by atoms with Gasteiger partial charge >= 0.3 is 0 Å². The molecule has 0 aliphatic carbocycles. The van der Waals surface area contributed by atoms with E-state index in [2.05, 4.69) is 22.6 Å². The second-order valence-corrected chi connectivity index (χ2v) is 3.29. The van der Waals surface area contributed by atoms with E-state index in [0.717, 1.165) is 5.75 Å². The highest BCUT2D eigenvalue weighted by atomic mass is 127. The molecule has 0 atom stereocenters. The normalized spacial score (nSPS) is 9.75. The molecule has 0 saturated heterocycles. The van der Waals surface area contributed by atoms with Crippen LogP contribution in [0.4, 0.5) is 0 Å². The smallest absolute Gasteiger partial charge is 0.00369 e. The topological polar surface area (TPSA) is 0 Å². The third-order valence-electron chi connectivity index (χ3n) is 1.03. The van der Waals surface area contributed by atoms with Crippen molar-refractivity contribution in [3.63, 3.8) is 0 Å². The Kier molecular flexibility index (Phi) is 9.17. The zero-order valence-electron chi connectivity index (χ0n) is 5.03. The summed E-state index contributed by atoms with van der Waals surface area (Å²) in [7, 11) is 0. The molecular weight excluding hydrogens is 231 g/mol. The Bertz CT molecular complexity index is 33.5. The second-order valence-electron chi connectivity index (χ2n) is 1.81. The summed E-state index contributed by atoms with van der Waals surface area (Å²) < 4.78 is 1.30. The summed E-state index contributed by atoms with van der Waals surface area (Å²) in [4.78, 5) is 0. The van der Waals surface area contributed by atoms with Crippen molar-refractivity contribution in [2.75, 3.05) is 10.2 Å². The molecule has 0 rings (SSSR count). The van der Waals surface area contributed by atoms with Crippen LogP contribution >= 0.6 is 35.2 Å². The van der Waals surface area contributed by atoms with Crippen molar-refractivity contribution in [1.29, 1.82) is 0 Å². The molecule has 8 heavy (non-hydrogen) atoms. The first-order chi connectivity index (χ1) is 3.91. The standard InChI is InChI=1S/C6H12IS/c7-5-3-1-2-4-6-8/h1-6H2. The molecule has 49 valence electrons. The molecule has 0 fully saturated rings. The van der Waals surface area contributed by atoms with Crippen LogP contribution < -0.4 is 0 Å². The first kappa shape index (κ1) is 9.08. The van der Waals surface area contributed by atoms with Crippen LogP contribution in [0.5, 0.6) is 0 Å². The van der Waals surface area contributed by atoms with Crippen molar-refractivity contribution in [2.45, 2.75) is 25.7 Å². The third-order valence-corrected chi connectivity index (χ3v) is 2.08. The van der Waals surface area contributed by atoms with Gasteiger partial charge in [0.1, 0.15) is 0 Å². The number of alkyl halides is 1. The van der Waals surface area contributed by atoms with Crippen LogP contribution in [0, 0.1) is 0 Å². The average molecular weight is 243 g/mol. The summed E-state index contributed by atoms with van der Waals surface area (Å²) in [6, 6.07) is 0. The molecule has 0 aliphatic rings. The molecule has 0 aromatic heterocycles. The van der Waals surface area contributed by atoms with Gasteiger partial charge in [-0.2, -0.15) is 0 Å². The first-order valence-electron chi connectivity index (χ1n) is 3.06. The van der Waals surface area contributed by atoms with Crippen LogP contribution in [0.25, 0.3) is 0 Å². The molecule has 0 heterocycles. The predicted octanol–water partition coefficient (Wildman–Crippen LogP) is 3.18. The molecule has 0 spiro atoms. The van der Waals surface area contributed by atoms with E-state index >= 15 is 0 Å². The van der Waals surface area contributed by atoms with Crippen LogP contribution in [0.1, 0.15) is 25.7 Å². The predicted molar refractivity (Wildman–Crippen MR) is 49.8 cm³/mol. The largest absolute Gasteiger partial charge is 0.0942 e. The van der Waals surface area contributed by atoms with Gasteiger partial charge in [-0.3, -0.25) is 0 Å². The first-order valence-corrected chi connectivity index (χ1v) is 5.16. The maximum Gasteiger partial charge on any atom is 0.00369 e. The fourth-order valence-corrected chi connectivity index (χ4v) is 1.29. The van der Waals surface area contributed by atoms with Crippen LogP contribution in [0.15, 0.2) is 0 Å². The number of halogens is 1. The molecular formula is C6H12IS.